The fourth-order valence-electron chi connectivity index (χ4n) is 5.30. The van der Waals surface area contributed by atoms with Gasteiger partial charge in [-0.1, -0.05) is 72.8 Å². The van der Waals surface area contributed by atoms with Gasteiger partial charge in [0.15, 0.2) is 0 Å². The fourth-order valence-corrected chi connectivity index (χ4v) is 5.30. The van der Waals surface area contributed by atoms with Crippen molar-refractivity contribution in [3.63, 3.8) is 0 Å². The van der Waals surface area contributed by atoms with Crippen molar-refractivity contribution in [2.24, 2.45) is 14.1 Å². The molecule has 3 aromatic heterocycles. The van der Waals surface area contributed by atoms with E-state index in [9.17, 15) is 0 Å². The van der Waals surface area contributed by atoms with Crippen molar-refractivity contribution < 1.29 is 35.0 Å². The summed E-state index contributed by atoms with van der Waals surface area (Å²) in [5, 5.41) is 1.50. The maximum atomic E-state index is 6.21. The molecule has 0 saturated heterocycles. The number of benzene rings is 4. The summed E-state index contributed by atoms with van der Waals surface area (Å²) in [6.45, 7) is 3.96. The van der Waals surface area contributed by atoms with E-state index < -0.39 is 0 Å². The zero-order valence-electron chi connectivity index (χ0n) is 23.4. The zero-order chi connectivity index (χ0) is 28.1. The molecule has 210 valence electrons. The maximum absolute atomic E-state index is 6.21. The van der Waals surface area contributed by atoms with E-state index in [-0.39, 0.29) is 21.1 Å². The normalized spacial score (nSPS) is 11.1. The van der Waals surface area contributed by atoms with E-state index in [2.05, 4.69) is 46.4 Å². The summed E-state index contributed by atoms with van der Waals surface area (Å²) in [6.07, 6.45) is 0. The van der Waals surface area contributed by atoms with E-state index in [0.29, 0.717) is 34.7 Å². The van der Waals surface area contributed by atoms with Crippen LogP contribution in [0.4, 0.5) is 0 Å². The van der Waals surface area contributed by atoms with Gasteiger partial charge in [0.1, 0.15) is 0 Å². The predicted molar refractivity (Wildman–Crippen MR) is 158 cm³/mol. The van der Waals surface area contributed by atoms with E-state index in [1.165, 1.54) is 0 Å². The van der Waals surface area contributed by atoms with E-state index in [1.54, 1.807) is 0 Å². The Morgan fingerprint density at radius 3 is 1.40 bits per heavy atom. The van der Waals surface area contributed by atoms with Crippen LogP contribution in [0.25, 0.3) is 44.5 Å². The number of furan rings is 1. The molecule has 0 amide bonds. The van der Waals surface area contributed by atoms with Crippen molar-refractivity contribution in [1.82, 2.24) is 19.1 Å². The van der Waals surface area contributed by atoms with Gasteiger partial charge in [-0.25, -0.2) is 0 Å². The van der Waals surface area contributed by atoms with Gasteiger partial charge in [0.25, 0.3) is 0 Å². The Kier molecular flexibility index (Phi) is 7.21. The Labute approximate surface area is 257 Å². The Morgan fingerprint density at radius 2 is 1.00 bits per heavy atom. The van der Waals surface area contributed by atoms with Gasteiger partial charge in [0.05, 0.1) is 22.8 Å². The first kappa shape index (κ1) is 27.6. The summed E-state index contributed by atoms with van der Waals surface area (Å²) in [4.78, 5) is 9.34. The number of aryl methyl sites for hydroxylation is 2. The molecule has 3 heterocycles. The van der Waals surface area contributed by atoms with Gasteiger partial charge < -0.3 is 13.9 Å². The number of hydrogen-bond acceptors (Lipinski definition) is 5. The largest absolute Gasteiger partial charge is 2.00 e. The summed E-state index contributed by atoms with van der Waals surface area (Å²) in [5.41, 5.74) is 7.31. The van der Waals surface area contributed by atoms with Crippen LogP contribution in [-0.4, -0.2) is 19.1 Å². The molecule has 4 aromatic carbocycles. The van der Waals surface area contributed by atoms with E-state index in [1.807, 2.05) is 97.7 Å². The second-order valence-corrected chi connectivity index (χ2v) is 9.94. The Hall–Kier alpha value is -4.61. The van der Waals surface area contributed by atoms with E-state index >= 15 is 0 Å². The molecule has 42 heavy (non-hydrogen) atoms. The third-order valence-corrected chi connectivity index (χ3v) is 7.19. The first-order chi connectivity index (χ1) is 20.0. The number of imidazole rings is 2. The van der Waals surface area contributed by atoms with Crippen molar-refractivity contribution in [2.45, 2.75) is 13.8 Å². The molecule has 0 aliphatic heterocycles. The van der Waals surface area contributed by atoms with Crippen LogP contribution in [0.5, 0.6) is 23.5 Å². The maximum Gasteiger partial charge on any atom is 2.00 e. The summed E-state index contributed by atoms with van der Waals surface area (Å²) in [7, 11) is 3.90. The zero-order valence-corrected chi connectivity index (χ0v) is 25.7. The number of aromatic nitrogens is 4. The molecular formula is C34H26N4O3Pt. The van der Waals surface area contributed by atoms with Gasteiger partial charge in [-0.15, -0.1) is 24.3 Å². The second-order valence-electron chi connectivity index (χ2n) is 9.94. The Morgan fingerprint density at radius 1 is 0.595 bits per heavy atom. The van der Waals surface area contributed by atoms with Gasteiger partial charge in [0, 0.05) is 36.7 Å². The molecule has 0 atom stereocenters. The van der Waals surface area contributed by atoms with Crippen LogP contribution in [0.15, 0.2) is 89.3 Å². The first-order valence-electron chi connectivity index (χ1n) is 13.3. The first-order valence-corrected chi connectivity index (χ1v) is 13.3. The quantitative estimate of drug-likeness (QED) is 0.161. The monoisotopic (exact) mass is 733 g/mol. The van der Waals surface area contributed by atoms with Crippen LogP contribution < -0.4 is 9.47 Å². The molecule has 8 heteroatoms. The number of ether oxygens (including phenoxy) is 2. The molecule has 7 aromatic rings. The summed E-state index contributed by atoms with van der Waals surface area (Å²) in [5.74, 6) is 1.06. The number of nitrogens with zero attached hydrogens (tertiary/aromatic N) is 4. The van der Waals surface area contributed by atoms with Crippen LogP contribution in [0, 0.1) is 26.0 Å². The smallest absolute Gasteiger partial charge is 0.564 e. The van der Waals surface area contributed by atoms with Crippen molar-refractivity contribution in [1.29, 1.82) is 0 Å². The minimum absolute atomic E-state index is 0. The third-order valence-electron chi connectivity index (χ3n) is 7.19. The van der Waals surface area contributed by atoms with Crippen molar-refractivity contribution >= 4 is 21.9 Å². The van der Waals surface area contributed by atoms with Crippen LogP contribution in [0.3, 0.4) is 0 Å². The number of hydrogen-bond donors (Lipinski definition) is 0. The number of rotatable bonds is 6. The molecule has 0 spiro atoms. The molecular weight excluding hydrogens is 707 g/mol. The molecule has 0 radical (unpaired) electrons. The van der Waals surface area contributed by atoms with Crippen molar-refractivity contribution in [3.05, 3.63) is 108 Å². The summed E-state index contributed by atoms with van der Waals surface area (Å²) >= 11 is 0. The van der Waals surface area contributed by atoms with E-state index in [4.69, 9.17) is 13.9 Å². The molecule has 0 bridgehead atoms. The van der Waals surface area contributed by atoms with Crippen LogP contribution in [0.1, 0.15) is 11.4 Å². The average molecular weight is 734 g/mol. The summed E-state index contributed by atoms with van der Waals surface area (Å²) in [6, 6.07) is 35.4. The fraction of sp³-hybridized carbons (Fsp3) is 0.118. The van der Waals surface area contributed by atoms with Gasteiger partial charge in [-0.05, 0) is 25.0 Å². The molecule has 7 rings (SSSR count). The average Bonchev–Trinajstić information content (AvgIpc) is 3.58. The standard InChI is InChI=1S/C34H26N4O3.Pt/c1-21-31(23-11-7-5-8-12-23)37(3)33(35-21)39-25-15-17-29-27(19-25)28-20-26(16-18-30(28)41-29)40-34-36-22(2)32(38(34)4)24-13-9-6-10-14-24;/h5-18H,1-4H3;/q-2;+2. The molecule has 0 fully saturated rings. The predicted octanol–water partition coefficient (Wildman–Crippen LogP) is 8.19. The Balaban J connectivity index is 0.00000316. The molecule has 0 saturated carbocycles. The van der Waals surface area contributed by atoms with Gasteiger partial charge in [-0.2, -0.15) is 20.7 Å². The molecule has 0 aliphatic rings. The minimum atomic E-state index is 0. The number of fused-ring (bicyclic) bond motifs is 3. The topological polar surface area (TPSA) is 67.2 Å². The SMILES string of the molecule is Cc1nc(Oc2[c-]c3c(cc2)oc2ccc(Oc4nc(C)c(-c5ccccc5)n4C)[c-]c23)n(C)c1-c1ccccc1.[Pt+2]. The Bertz CT molecular complexity index is 1900. The molecule has 7 nitrogen and oxygen atoms in total. The van der Waals surface area contributed by atoms with Gasteiger partial charge >= 0.3 is 33.1 Å². The molecule has 0 aliphatic carbocycles. The second kappa shape index (κ2) is 11.0. The van der Waals surface area contributed by atoms with Gasteiger partial charge in [-0.3, -0.25) is 9.13 Å². The van der Waals surface area contributed by atoms with Crippen LogP contribution >= 0.6 is 0 Å². The molecule has 0 unspecified atom stereocenters. The minimum Gasteiger partial charge on any atom is -0.564 e. The third kappa shape index (κ3) is 4.80. The van der Waals surface area contributed by atoms with Crippen molar-refractivity contribution in [3.8, 4) is 46.0 Å². The van der Waals surface area contributed by atoms with Crippen molar-refractivity contribution in [2.75, 3.05) is 0 Å². The van der Waals surface area contributed by atoms with Crippen LogP contribution in [0.2, 0.25) is 0 Å². The van der Waals surface area contributed by atoms with E-state index in [0.717, 1.165) is 44.7 Å². The van der Waals surface area contributed by atoms with Gasteiger partial charge in [0.2, 0.25) is 0 Å². The van der Waals surface area contributed by atoms with Crippen LogP contribution in [-0.2, 0) is 35.2 Å². The summed E-state index contributed by atoms with van der Waals surface area (Å²) < 4.78 is 22.4. The molecule has 0 N–H and O–H groups in total.